The zero-order valence-electron chi connectivity index (χ0n) is 26.9. The van der Waals surface area contributed by atoms with Crippen LogP contribution in [0.4, 0.5) is 4.79 Å². The largest absolute Gasteiger partial charge is 0.457 e. The highest BCUT2D eigenvalue weighted by atomic mass is 31.2. The van der Waals surface area contributed by atoms with Gasteiger partial charge in [-0.3, -0.25) is 19.9 Å². The molecule has 1 aliphatic heterocycles. The first-order valence-corrected chi connectivity index (χ1v) is 17.4. The highest BCUT2D eigenvalue weighted by Crippen LogP contribution is 2.59. The highest BCUT2D eigenvalue weighted by Gasteiger charge is 2.43. The third-order valence-electron chi connectivity index (χ3n) is 7.83. The lowest BCUT2D eigenvalue weighted by atomic mass is 10.1. The minimum absolute atomic E-state index is 0.0638. The average Bonchev–Trinajstić information content (AvgIpc) is 3.61. The van der Waals surface area contributed by atoms with Crippen LogP contribution in [-0.4, -0.2) is 47.3 Å². The second kappa shape index (κ2) is 16.0. The van der Waals surface area contributed by atoms with E-state index in [1.807, 2.05) is 30.3 Å². The molecule has 1 aliphatic rings. The molecule has 49 heavy (non-hydrogen) atoms. The molecule has 0 aromatic heterocycles. The fourth-order valence-electron chi connectivity index (χ4n) is 5.27. The van der Waals surface area contributed by atoms with E-state index < -0.39 is 43.4 Å². The van der Waals surface area contributed by atoms with E-state index in [0.29, 0.717) is 30.5 Å². The first kappa shape index (κ1) is 34.7. The van der Waals surface area contributed by atoms with Crippen LogP contribution in [0.2, 0.25) is 0 Å². The number of ether oxygens (including phenoxy) is 1. The van der Waals surface area contributed by atoms with Crippen LogP contribution >= 0.6 is 7.60 Å². The van der Waals surface area contributed by atoms with Crippen LogP contribution in [-0.2, 0) is 25.5 Å². The van der Waals surface area contributed by atoms with Crippen molar-refractivity contribution in [1.29, 1.82) is 5.41 Å². The molecule has 0 aliphatic carbocycles. The molecule has 4 aromatic carbocycles. The van der Waals surface area contributed by atoms with Crippen molar-refractivity contribution in [2.75, 3.05) is 6.54 Å². The standard InChI is InChI=1S/C36H38N5O7P/c1-25(39-34(43)31-18-11-23-41(31)36(44)46-24-26-12-5-2-6-13-26)33(42)40-35(28-21-19-27(20-22-28)32(37)38)49(45,47-29-14-7-3-8-15-29)48-30-16-9-4-10-17-30/h2-10,12-17,19-22,25,31,35H,11,18,23-24H2,1H3,(H3,37,38)(H,39,43)(H,40,42)/t25-,31+,35?/m0/s1. The summed E-state index contributed by atoms with van der Waals surface area (Å²) in [6.07, 6.45) is 0.370. The Morgan fingerprint density at radius 1 is 0.857 bits per heavy atom. The van der Waals surface area contributed by atoms with Gasteiger partial charge in [0.15, 0.2) is 5.78 Å². The van der Waals surface area contributed by atoms with Crippen molar-refractivity contribution in [3.8, 4) is 11.5 Å². The molecule has 0 spiro atoms. The number of hydrogen-bond donors (Lipinski definition) is 4. The van der Waals surface area contributed by atoms with E-state index in [1.165, 1.54) is 11.8 Å². The Hall–Kier alpha value is -5.61. The van der Waals surface area contributed by atoms with Gasteiger partial charge in [-0.05, 0) is 55.2 Å². The lowest BCUT2D eigenvalue weighted by molar-refractivity contribution is -0.131. The predicted octanol–water partition coefficient (Wildman–Crippen LogP) is 5.74. The summed E-state index contributed by atoms with van der Waals surface area (Å²) in [6, 6.07) is 30.3. The van der Waals surface area contributed by atoms with Gasteiger partial charge < -0.3 is 30.2 Å². The maximum absolute atomic E-state index is 14.9. The molecule has 5 N–H and O–H groups in total. The minimum atomic E-state index is -4.34. The molecule has 3 amide bonds. The Morgan fingerprint density at radius 3 is 1.96 bits per heavy atom. The smallest absolute Gasteiger partial charge is 0.445 e. The van der Waals surface area contributed by atoms with E-state index in [1.54, 1.807) is 84.9 Å². The SMILES string of the molecule is C[C@H](NC(=O)[C@H]1CCCN1C(=O)OCc1ccccc1)C(=O)NC(c1ccc(C(=N)N)cc1)P(=O)(Oc1ccccc1)Oc1ccccc1. The number of nitrogen functional groups attached to an aromatic ring is 1. The lowest BCUT2D eigenvalue weighted by Gasteiger charge is -2.30. The number of rotatable bonds is 13. The van der Waals surface area contributed by atoms with Crippen molar-refractivity contribution in [3.63, 3.8) is 0 Å². The number of para-hydroxylation sites is 2. The summed E-state index contributed by atoms with van der Waals surface area (Å²) in [5.41, 5.74) is 7.23. The van der Waals surface area contributed by atoms with Crippen LogP contribution in [0.1, 0.15) is 42.2 Å². The van der Waals surface area contributed by atoms with Crippen LogP contribution in [0.5, 0.6) is 11.5 Å². The molecule has 254 valence electrons. The molecule has 3 atom stereocenters. The predicted molar refractivity (Wildman–Crippen MR) is 184 cm³/mol. The number of nitrogens with zero attached hydrogens (tertiary/aromatic N) is 1. The van der Waals surface area contributed by atoms with Gasteiger partial charge in [-0.15, -0.1) is 0 Å². The maximum atomic E-state index is 14.9. The first-order chi connectivity index (χ1) is 23.6. The number of amides is 3. The Bertz CT molecular complexity index is 1750. The summed E-state index contributed by atoms with van der Waals surface area (Å²) in [6.45, 7) is 1.88. The monoisotopic (exact) mass is 683 g/mol. The van der Waals surface area contributed by atoms with Gasteiger partial charge in [0.25, 0.3) is 0 Å². The molecular weight excluding hydrogens is 645 g/mol. The van der Waals surface area contributed by atoms with E-state index in [-0.39, 0.29) is 23.9 Å². The van der Waals surface area contributed by atoms with Crippen LogP contribution in [0.15, 0.2) is 115 Å². The van der Waals surface area contributed by atoms with Crippen molar-refractivity contribution in [2.45, 2.75) is 44.2 Å². The molecule has 0 bridgehead atoms. The molecule has 4 aromatic rings. The summed E-state index contributed by atoms with van der Waals surface area (Å²) in [5, 5.41) is 13.2. The normalized spacial score (nSPS) is 15.4. The van der Waals surface area contributed by atoms with E-state index in [4.69, 9.17) is 24.9 Å². The molecule has 1 fully saturated rings. The number of likely N-dealkylation sites (tertiary alicyclic amines) is 1. The molecule has 13 heteroatoms. The van der Waals surface area contributed by atoms with Crippen molar-refractivity contribution >= 4 is 31.3 Å². The van der Waals surface area contributed by atoms with Crippen LogP contribution in [0, 0.1) is 5.41 Å². The Balaban J connectivity index is 1.35. The first-order valence-electron chi connectivity index (χ1n) is 15.7. The van der Waals surface area contributed by atoms with Gasteiger partial charge in [0, 0.05) is 12.1 Å². The highest BCUT2D eigenvalue weighted by molar-refractivity contribution is 7.55. The number of carbonyl (C=O) groups excluding carboxylic acids is 3. The Morgan fingerprint density at radius 2 is 1.41 bits per heavy atom. The molecule has 1 unspecified atom stereocenters. The van der Waals surface area contributed by atoms with Crippen molar-refractivity contribution in [2.24, 2.45) is 5.73 Å². The second-order valence-electron chi connectivity index (χ2n) is 11.4. The van der Waals surface area contributed by atoms with Gasteiger partial charge in [-0.25, -0.2) is 9.36 Å². The molecule has 0 radical (unpaired) electrons. The van der Waals surface area contributed by atoms with E-state index >= 15 is 0 Å². The van der Waals surface area contributed by atoms with Crippen molar-refractivity contribution in [3.05, 3.63) is 132 Å². The zero-order chi connectivity index (χ0) is 34.8. The van der Waals surface area contributed by atoms with E-state index in [9.17, 15) is 18.9 Å². The van der Waals surface area contributed by atoms with Crippen molar-refractivity contribution < 1.29 is 32.7 Å². The number of nitrogens with one attached hydrogen (secondary N) is 3. The number of nitrogens with two attached hydrogens (primary N) is 1. The average molecular weight is 684 g/mol. The fraction of sp³-hybridized carbons (Fsp3) is 0.222. The van der Waals surface area contributed by atoms with Crippen LogP contribution in [0.3, 0.4) is 0 Å². The van der Waals surface area contributed by atoms with Gasteiger partial charge in [0.1, 0.15) is 36.0 Å². The van der Waals surface area contributed by atoms with Gasteiger partial charge in [0.2, 0.25) is 11.8 Å². The third kappa shape index (κ3) is 9.05. The summed E-state index contributed by atoms with van der Waals surface area (Å²) in [7, 11) is -4.34. The quantitative estimate of drug-likeness (QED) is 0.0784. The summed E-state index contributed by atoms with van der Waals surface area (Å²) in [5.74, 6) is -2.26. The summed E-state index contributed by atoms with van der Waals surface area (Å²) < 4.78 is 32.4. The van der Waals surface area contributed by atoms with Gasteiger partial charge >= 0.3 is 13.7 Å². The number of benzene rings is 4. The molecule has 1 saturated heterocycles. The van der Waals surface area contributed by atoms with Crippen LogP contribution < -0.4 is 25.4 Å². The molecule has 0 saturated carbocycles. The summed E-state index contributed by atoms with van der Waals surface area (Å²) >= 11 is 0. The second-order valence-corrected chi connectivity index (χ2v) is 13.4. The molecule has 5 rings (SSSR count). The maximum Gasteiger partial charge on any atom is 0.457 e. The molecular formula is C36H38N5O7P. The molecule has 12 nitrogen and oxygen atoms in total. The molecule has 1 heterocycles. The number of hydrogen-bond acceptors (Lipinski definition) is 8. The minimum Gasteiger partial charge on any atom is -0.445 e. The van der Waals surface area contributed by atoms with Crippen molar-refractivity contribution in [1.82, 2.24) is 15.5 Å². The zero-order valence-corrected chi connectivity index (χ0v) is 27.8. The third-order valence-corrected chi connectivity index (χ3v) is 9.82. The van der Waals surface area contributed by atoms with Gasteiger partial charge in [0.05, 0.1) is 0 Å². The number of amidine groups is 1. The van der Waals surface area contributed by atoms with Gasteiger partial charge in [-0.2, -0.15) is 0 Å². The Labute approximate surface area is 284 Å². The van der Waals surface area contributed by atoms with E-state index in [2.05, 4.69) is 10.6 Å². The lowest BCUT2D eigenvalue weighted by Crippen LogP contribution is -2.52. The number of carbonyl (C=O) groups is 3. The van der Waals surface area contributed by atoms with Crippen LogP contribution in [0.25, 0.3) is 0 Å². The van der Waals surface area contributed by atoms with Gasteiger partial charge in [-0.1, -0.05) is 91.0 Å². The Kier molecular flexibility index (Phi) is 11.3. The fourth-order valence-corrected chi connectivity index (χ4v) is 7.17. The topological polar surface area (TPSA) is 173 Å². The van der Waals surface area contributed by atoms with E-state index in [0.717, 1.165) is 5.56 Å². The summed E-state index contributed by atoms with van der Waals surface area (Å²) in [4.78, 5) is 41.4.